The summed E-state index contributed by atoms with van der Waals surface area (Å²) >= 11 is 0. The molecule has 1 unspecified atom stereocenters. The Labute approximate surface area is 192 Å². The van der Waals surface area contributed by atoms with E-state index in [-0.39, 0.29) is 17.9 Å². The third-order valence-electron chi connectivity index (χ3n) is 5.77. The van der Waals surface area contributed by atoms with Gasteiger partial charge in [0.2, 0.25) is 5.89 Å². The zero-order valence-corrected chi connectivity index (χ0v) is 19.4. The quantitative estimate of drug-likeness (QED) is 0.469. The number of methoxy groups -OCH3 is 1. The topological polar surface area (TPSA) is 96.5 Å². The molecule has 0 bridgehead atoms. The van der Waals surface area contributed by atoms with E-state index in [0.29, 0.717) is 34.3 Å². The smallest absolute Gasteiger partial charge is 0.221 e. The average molecular weight is 448 g/mol. The Balaban J connectivity index is 1.41. The Bertz CT molecular complexity index is 1310. The number of aromatic hydroxyl groups is 1. The molecule has 1 atom stereocenters. The molecule has 8 nitrogen and oxygen atoms in total. The van der Waals surface area contributed by atoms with Crippen LogP contribution in [0.3, 0.4) is 0 Å². The molecule has 1 fully saturated rings. The van der Waals surface area contributed by atoms with Crippen LogP contribution in [0.5, 0.6) is 5.75 Å². The van der Waals surface area contributed by atoms with Gasteiger partial charge in [0.1, 0.15) is 23.7 Å². The molecule has 0 radical (unpaired) electrons. The highest BCUT2D eigenvalue weighted by atomic mass is 16.5. The number of benzene rings is 1. The second-order valence-electron chi connectivity index (χ2n) is 9.61. The highest BCUT2D eigenvalue weighted by Crippen LogP contribution is 2.34. The SMILES string of the molecule is COCc1nc2cc(O)c(-c3ccc4nc(N5CCC(NC(C)(C)C)C5)ccc4n3)cc2o1. The molecular formula is C25H29N5O3. The fraction of sp³-hybridized carbons (Fsp3) is 0.400. The summed E-state index contributed by atoms with van der Waals surface area (Å²) in [5, 5.41) is 14.3. The minimum absolute atomic E-state index is 0.101. The van der Waals surface area contributed by atoms with Gasteiger partial charge in [0.15, 0.2) is 5.58 Å². The lowest BCUT2D eigenvalue weighted by Gasteiger charge is -2.26. The minimum atomic E-state index is 0.101. The van der Waals surface area contributed by atoms with E-state index in [4.69, 9.17) is 19.1 Å². The first-order valence-corrected chi connectivity index (χ1v) is 11.2. The van der Waals surface area contributed by atoms with Crippen LogP contribution in [-0.2, 0) is 11.3 Å². The van der Waals surface area contributed by atoms with Crippen molar-refractivity contribution in [3.8, 4) is 17.0 Å². The number of aromatic nitrogens is 3. The van der Waals surface area contributed by atoms with Crippen molar-refractivity contribution < 1.29 is 14.3 Å². The second-order valence-corrected chi connectivity index (χ2v) is 9.61. The lowest BCUT2D eigenvalue weighted by Crippen LogP contribution is -2.44. The zero-order chi connectivity index (χ0) is 23.2. The van der Waals surface area contributed by atoms with E-state index in [0.717, 1.165) is 36.4 Å². The van der Waals surface area contributed by atoms with Gasteiger partial charge in [-0.05, 0) is 57.5 Å². The summed E-state index contributed by atoms with van der Waals surface area (Å²) in [6, 6.07) is 11.7. The van der Waals surface area contributed by atoms with Crippen LogP contribution in [0.1, 0.15) is 33.1 Å². The van der Waals surface area contributed by atoms with Gasteiger partial charge in [-0.25, -0.2) is 15.0 Å². The molecule has 4 heterocycles. The second kappa shape index (κ2) is 8.28. The molecule has 0 aliphatic carbocycles. The Morgan fingerprint density at radius 1 is 1.09 bits per heavy atom. The molecule has 33 heavy (non-hydrogen) atoms. The molecule has 0 amide bonds. The number of nitrogens with one attached hydrogen (secondary N) is 1. The highest BCUT2D eigenvalue weighted by Gasteiger charge is 2.26. The molecule has 1 saturated heterocycles. The Kier molecular flexibility index (Phi) is 5.42. The summed E-state index contributed by atoms with van der Waals surface area (Å²) < 4.78 is 10.8. The molecule has 1 aromatic carbocycles. The molecule has 172 valence electrons. The summed E-state index contributed by atoms with van der Waals surface area (Å²) in [7, 11) is 1.58. The maximum absolute atomic E-state index is 10.6. The van der Waals surface area contributed by atoms with Crippen LogP contribution in [0.4, 0.5) is 5.82 Å². The van der Waals surface area contributed by atoms with Crippen LogP contribution in [0.2, 0.25) is 0 Å². The van der Waals surface area contributed by atoms with Gasteiger partial charge in [-0.3, -0.25) is 0 Å². The van der Waals surface area contributed by atoms with Crippen molar-refractivity contribution in [3.63, 3.8) is 0 Å². The van der Waals surface area contributed by atoms with Crippen LogP contribution in [0, 0.1) is 0 Å². The van der Waals surface area contributed by atoms with Crippen LogP contribution < -0.4 is 10.2 Å². The first kappa shape index (κ1) is 21.6. The fourth-order valence-electron chi connectivity index (χ4n) is 4.42. The first-order chi connectivity index (χ1) is 15.8. The summed E-state index contributed by atoms with van der Waals surface area (Å²) in [4.78, 5) is 16.2. The monoisotopic (exact) mass is 447 g/mol. The van der Waals surface area contributed by atoms with Crippen LogP contribution in [0.15, 0.2) is 40.8 Å². The Morgan fingerprint density at radius 3 is 2.67 bits per heavy atom. The summed E-state index contributed by atoms with van der Waals surface area (Å²) in [6.45, 7) is 8.79. The maximum Gasteiger partial charge on any atom is 0.221 e. The Morgan fingerprint density at radius 2 is 1.88 bits per heavy atom. The molecule has 8 heteroatoms. The van der Waals surface area contributed by atoms with Crippen molar-refractivity contribution in [3.05, 3.63) is 42.3 Å². The highest BCUT2D eigenvalue weighted by molar-refractivity contribution is 5.86. The van der Waals surface area contributed by atoms with E-state index in [1.807, 2.05) is 24.3 Å². The van der Waals surface area contributed by atoms with Gasteiger partial charge in [0.25, 0.3) is 0 Å². The number of fused-ring (bicyclic) bond motifs is 2. The van der Waals surface area contributed by atoms with E-state index in [1.165, 1.54) is 0 Å². The summed E-state index contributed by atoms with van der Waals surface area (Å²) in [5.74, 6) is 1.53. The van der Waals surface area contributed by atoms with Crippen LogP contribution in [0.25, 0.3) is 33.4 Å². The lowest BCUT2D eigenvalue weighted by atomic mass is 10.1. The van der Waals surface area contributed by atoms with Crippen molar-refractivity contribution in [1.29, 1.82) is 0 Å². The number of anilines is 1. The van der Waals surface area contributed by atoms with Gasteiger partial charge in [0, 0.05) is 43.4 Å². The molecule has 1 aliphatic rings. The largest absolute Gasteiger partial charge is 0.507 e. The van der Waals surface area contributed by atoms with Crippen LogP contribution in [-0.4, -0.2) is 51.8 Å². The number of ether oxygens (including phenoxy) is 1. The number of phenolic OH excluding ortho intramolecular Hbond substituents is 1. The Hall–Kier alpha value is -3.23. The van der Waals surface area contributed by atoms with Gasteiger partial charge in [-0.1, -0.05) is 0 Å². The number of phenols is 1. The molecule has 3 aromatic heterocycles. The first-order valence-electron chi connectivity index (χ1n) is 11.2. The summed E-state index contributed by atoms with van der Waals surface area (Å²) in [5.41, 5.74) is 4.10. The minimum Gasteiger partial charge on any atom is -0.507 e. The third kappa shape index (κ3) is 4.49. The average Bonchev–Trinajstić information content (AvgIpc) is 3.37. The fourth-order valence-corrected chi connectivity index (χ4v) is 4.42. The normalized spacial score (nSPS) is 16.8. The lowest BCUT2D eigenvalue weighted by molar-refractivity contribution is 0.161. The maximum atomic E-state index is 10.6. The molecule has 1 aliphatic heterocycles. The zero-order valence-electron chi connectivity index (χ0n) is 19.4. The molecule has 2 N–H and O–H groups in total. The predicted octanol–water partition coefficient (Wildman–Crippen LogP) is 4.26. The summed E-state index contributed by atoms with van der Waals surface area (Å²) in [6.07, 6.45) is 1.10. The van der Waals surface area contributed by atoms with Gasteiger partial charge in [-0.2, -0.15) is 0 Å². The van der Waals surface area contributed by atoms with Crippen molar-refractivity contribution in [2.45, 2.75) is 45.4 Å². The van der Waals surface area contributed by atoms with E-state index in [2.05, 4.69) is 36.0 Å². The standard InChI is InChI=1S/C25H29N5O3/c1-25(2,3)29-15-9-10-30(13-15)23-8-7-18-19(27-23)6-5-17(26-18)16-11-22-20(12-21(16)31)28-24(33-22)14-32-4/h5-8,11-12,15,29,31H,9-10,13-14H2,1-4H3. The van der Waals surface area contributed by atoms with Crippen molar-refractivity contribution in [2.24, 2.45) is 0 Å². The molecule has 4 aromatic rings. The van der Waals surface area contributed by atoms with Gasteiger partial charge >= 0.3 is 0 Å². The van der Waals surface area contributed by atoms with E-state index >= 15 is 0 Å². The molecular weight excluding hydrogens is 418 g/mol. The predicted molar refractivity (Wildman–Crippen MR) is 128 cm³/mol. The molecule has 0 spiro atoms. The van der Waals surface area contributed by atoms with Crippen molar-refractivity contribution in [2.75, 3.05) is 25.1 Å². The van der Waals surface area contributed by atoms with E-state index in [9.17, 15) is 5.11 Å². The molecule has 0 saturated carbocycles. The van der Waals surface area contributed by atoms with Gasteiger partial charge < -0.3 is 24.5 Å². The van der Waals surface area contributed by atoms with E-state index < -0.39 is 0 Å². The number of pyridine rings is 2. The van der Waals surface area contributed by atoms with E-state index in [1.54, 1.807) is 19.2 Å². The number of hydrogen-bond donors (Lipinski definition) is 2. The number of nitrogens with zero attached hydrogens (tertiary/aromatic N) is 4. The molecule has 5 rings (SSSR count). The van der Waals surface area contributed by atoms with Crippen molar-refractivity contribution in [1.82, 2.24) is 20.3 Å². The van der Waals surface area contributed by atoms with Crippen LogP contribution >= 0.6 is 0 Å². The van der Waals surface area contributed by atoms with Crippen molar-refractivity contribution >= 4 is 28.0 Å². The van der Waals surface area contributed by atoms with Gasteiger partial charge in [-0.15, -0.1) is 0 Å². The van der Waals surface area contributed by atoms with Gasteiger partial charge in [0.05, 0.1) is 16.7 Å². The third-order valence-corrected chi connectivity index (χ3v) is 5.77. The number of rotatable bonds is 5. The number of hydrogen-bond acceptors (Lipinski definition) is 8. The number of oxazole rings is 1.